The Bertz CT molecular complexity index is 1870. The van der Waals surface area contributed by atoms with Crippen molar-refractivity contribution in [3.8, 4) is 6.07 Å². The van der Waals surface area contributed by atoms with Gasteiger partial charge in [-0.2, -0.15) is 5.26 Å². The molecule has 4 aromatic rings. The third-order valence-corrected chi connectivity index (χ3v) is 11.1. The zero-order chi connectivity index (χ0) is 33.2. The number of hydrogen-bond donors (Lipinski definition) is 0. The molecule has 2 atom stereocenters. The van der Waals surface area contributed by atoms with E-state index in [1.165, 1.54) is 30.3 Å². The molecule has 2 fully saturated rings. The third kappa shape index (κ3) is 6.64. The number of fused-ring (bicyclic) bond motifs is 2. The maximum atomic E-state index is 15.3. The number of benzene rings is 2. The number of nitriles is 1. The summed E-state index contributed by atoms with van der Waals surface area (Å²) in [6.45, 7) is 8.43. The summed E-state index contributed by atoms with van der Waals surface area (Å²) in [5.74, 6) is 1.40. The quantitative estimate of drug-likeness (QED) is 0.171. The molecule has 0 radical (unpaired) electrons. The summed E-state index contributed by atoms with van der Waals surface area (Å²) in [7, 11) is 2.21. The monoisotopic (exact) mass is 682 g/mol. The zero-order valence-electron chi connectivity index (χ0n) is 27.3. The zero-order valence-corrected chi connectivity index (χ0v) is 28.9. The van der Waals surface area contributed by atoms with Gasteiger partial charge in [-0.15, -0.1) is 11.3 Å². The number of allylic oxidation sites excluding steroid dienone is 1. The average Bonchev–Trinajstić information content (AvgIpc) is 3.77. The van der Waals surface area contributed by atoms with E-state index in [9.17, 15) is 5.26 Å². The number of halogens is 2. The number of thiazole rings is 1. The van der Waals surface area contributed by atoms with Crippen molar-refractivity contribution < 1.29 is 4.39 Å². The molecule has 248 valence electrons. The smallest absolute Gasteiger partial charge is 0.148 e. The van der Waals surface area contributed by atoms with Crippen LogP contribution in [0.3, 0.4) is 0 Å². The molecule has 2 aromatic heterocycles. The number of likely N-dealkylation sites (tertiary alicyclic amines) is 1. The summed E-state index contributed by atoms with van der Waals surface area (Å²) < 4.78 is 15.3. The molecule has 0 saturated carbocycles. The van der Waals surface area contributed by atoms with Crippen LogP contribution in [-0.2, 0) is 19.4 Å². The molecule has 3 aliphatic heterocycles. The highest BCUT2D eigenvalue weighted by Gasteiger charge is 2.33. The predicted molar refractivity (Wildman–Crippen MR) is 193 cm³/mol. The molecular formula is C37H40ClFN8S. The van der Waals surface area contributed by atoms with E-state index in [4.69, 9.17) is 21.6 Å². The maximum absolute atomic E-state index is 15.3. The fraction of sp³-hybridized carbons (Fsp3) is 0.405. The Morgan fingerprint density at radius 1 is 1.12 bits per heavy atom. The lowest BCUT2D eigenvalue weighted by Crippen LogP contribution is -2.53. The molecule has 0 bridgehead atoms. The van der Waals surface area contributed by atoms with Crippen molar-refractivity contribution in [3.05, 3.63) is 93.2 Å². The van der Waals surface area contributed by atoms with Crippen LogP contribution < -0.4 is 9.80 Å². The van der Waals surface area contributed by atoms with Crippen LogP contribution in [0.15, 0.2) is 66.1 Å². The van der Waals surface area contributed by atoms with Crippen LogP contribution in [-0.4, -0.2) is 76.6 Å². The molecule has 8 nitrogen and oxygen atoms in total. The first-order valence-electron chi connectivity index (χ1n) is 16.7. The van der Waals surface area contributed by atoms with Crippen LogP contribution in [0.1, 0.15) is 47.8 Å². The van der Waals surface area contributed by atoms with Crippen LogP contribution in [0.5, 0.6) is 0 Å². The second-order valence-corrected chi connectivity index (χ2v) is 14.3. The van der Waals surface area contributed by atoms with Gasteiger partial charge in [0.15, 0.2) is 0 Å². The molecule has 2 saturated heterocycles. The molecule has 5 heterocycles. The fourth-order valence-electron chi connectivity index (χ4n) is 7.54. The van der Waals surface area contributed by atoms with Gasteiger partial charge in [0.2, 0.25) is 0 Å². The predicted octanol–water partition coefficient (Wildman–Crippen LogP) is 7.26. The number of piperazine rings is 1. The first-order chi connectivity index (χ1) is 23.4. The molecule has 0 aliphatic carbocycles. The first kappa shape index (κ1) is 32.5. The van der Waals surface area contributed by atoms with E-state index in [1.807, 2.05) is 22.4 Å². The highest BCUT2D eigenvalue weighted by Crippen LogP contribution is 2.37. The van der Waals surface area contributed by atoms with E-state index in [2.05, 4.69) is 63.6 Å². The Morgan fingerprint density at radius 3 is 2.75 bits per heavy atom. The van der Waals surface area contributed by atoms with E-state index in [-0.39, 0.29) is 12.5 Å². The highest BCUT2D eigenvalue weighted by molar-refractivity contribution is 7.10. The first-order valence-corrected chi connectivity index (χ1v) is 18.0. The van der Waals surface area contributed by atoms with E-state index in [0.717, 1.165) is 76.7 Å². The molecule has 2 aromatic carbocycles. The fourth-order valence-corrected chi connectivity index (χ4v) is 8.37. The topological polar surface area (TPSA) is 75.4 Å². The molecule has 2 unspecified atom stereocenters. The second kappa shape index (κ2) is 14.2. The lowest BCUT2D eigenvalue weighted by molar-refractivity contribution is 0.227. The molecular weight excluding hydrogens is 643 g/mol. The van der Waals surface area contributed by atoms with E-state index < -0.39 is 5.83 Å². The van der Waals surface area contributed by atoms with Crippen LogP contribution in [0.2, 0.25) is 5.02 Å². The van der Waals surface area contributed by atoms with E-state index in [1.54, 1.807) is 6.20 Å². The van der Waals surface area contributed by atoms with Gasteiger partial charge in [-0.3, -0.25) is 0 Å². The Morgan fingerprint density at radius 2 is 1.98 bits per heavy atom. The van der Waals surface area contributed by atoms with Crippen LogP contribution in [0.4, 0.5) is 15.9 Å². The number of anilines is 2. The van der Waals surface area contributed by atoms with Crippen LogP contribution in [0, 0.1) is 11.3 Å². The lowest BCUT2D eigenvalue weighted by atomic mass is 10.00. The Kier molecular flexibility index (Phi) is 9.62. The van der Waals surface area contributed by atoms with Crippen LogP contribution in [0.25, 0.3) is 16.8 Å². The van der Waals surface area contributed by atoms with Gasteiger partial charge in [-0.25, -0.2) is 19.3 Å². The minimum atomic E-state index is -0.423. The Labute approximate surface area is 290 Å². The van der Waals surface area contributed by atoms with Gasteiger partial charge in [0.1, 0.15) is 22.5 Å². The summed E-state index contributed by atoms with van der Waals surface area (Å²) in [5, 5.41) is 15.1. The van der Waals surface area contributed by atoms with Gasteiger partial charge < -0.3 is 19.6 Å². The molecule has 7 rings (SSSR count). The highest BCUT2D eigenvalue weighted by atomic mass is 35.5. The van der Waals surface area contributed by atoms with Gasteiger partial charge >= 0.3 is 0 Å². The summed E-state index contributed by atoms with van der Waals surface area (Å²) in [6, 6.07) is 15.1. The third-order valence-electron chi connectivity index (χ3n) is 10.1. The normalized spacial score (nSPS) is 20.3. The number of aryl methyl sites for hydroxylation is 1. The minimum Gasteiger partial charge on any atom is -0.365 e. The van der Waals surface area contributed by atoms with Crippen LogP contribution >= 0.6 is 22.9 Å². The van der Waals surface area contributed by atoms with Crippen molar-refractivity contribution in [2.75, 3.05) is 49.6 Å². The average molecular weight is 683 g/mol. The van der Waals surface area contributed by atoms with Gasteiger partial charge in [0.05, 0.1) is 41.5 Å². The lowest BCUT2D eigenvalue weighted by Gasteiger charge is -2.44. The van der Waals surface area contributed by atoms with Crippen molar-refractivity contribution in [1.29, 1.82) is 5.26 Å². The van der Waals surface area contributed by atoms with Crippen molar-refractivity contribution in [1.82, 2.24) is 24.8 Å². The minimum absolute atomic E-state index is 0.231. The Balaban J connectivity index is 1.19. The van der Waals surface area contributed by atoms with E-state index >= 15 is 4.39 Å². The largest absolute Gasteiger partial charge is 0.365 e. The van der Waals surface area contributed by atoms with Crippen molar-refractivity contribution in [3.63, 3.8) is 0 Å². The number of aromatic nitrogens is 3. The summed E-state index contributed by atoms with van der Waals surface area (Å²) in [5.41, 5.74) is 3.62. The van der Waals surface area contributed by atoms with Gasteiger partial charge in [-0.05, 0) is 56.8 Å². The van der Waals surface area contributed by atoms with E-state index in [0.29, 0.717) is 42.9 Å². The number of hydrogen-bond acceptors (Lipinski definition) is 9. The summed E-state index contributed by atoms with van der Waals surface area (Å²) in [4.78, 5) is 23.7. The van der Waals surface area contributed by atoms with Crippen molar-refractivity contribution in [2.45, 2.75) is 57.2 Å². The summed E-state index contributed by atoms with van der Waals surface area (Å²) in [6.07, 6.45) is 8.39. The van der Waals surface area contributed by atoms with Crippen molar-refractivity contribution in [2.24, 2.45) is 0 Å². The Hall–Kier alpha value is -4.04. The SMILES string of the molecule is C=C(/C(F)=C/c1nccs1)N1CCN(c2nc(CCC3CCCN3C)nc3c2CCN(c2cccc4cccc(Cl)c24)C3)CC1CC#N. The molecule has 0 amide bonds. The molecule has 0 N–H and O–H groups in total. The maximum Gasteiger partial charge on any atom is 0.148 e. The van der Waals surface area contributed by atoms with Crippen molar-refractivity contribution >= 4 is 51.3 Å². The molecule has 11 heteroatoms. The van der Waals surface area contributed by atoms with Gasteiger partial charge in [0.25, 0.3) is 0 Å². The number of rotatable bonds is 9. The molecule has 3 aliphatic rings. The summed E-state index contributed by atoms with van der Waals surface area (Å²) >= 11 is 8.13. The molecule has 0 spiro atoms. The van der Waals surface area contributed by atoms with Gasteiger partial charge in [0, 0.05) is 72.9 Å². The molecule has 48 heavy (non-hydrogen) atoms. The standard InChI is InChI=1S/C37H40ClFN8S/c1-25(31(39)22-35-41-16-21-48-35)47-20-19-46(23-28(47)13-15-40)37-29-14-18-45(33-10-4-7-26-6-3-9-30(38)36(26)33)24-32(29)42-34(43-37)12-11-27-8-5-17-44(27)2/h3-4,6-7,9-10,16,21-22,27-28H,1,5,8,11-14,17-20,23-24H2,2H3/b31-22-. The second-order valence-electron chi connectivity index (χ2n) is 13.0. The van der Waals surface area contributed by atoms with Gasteiger partial charge in [-0.1, -0.05) is 42.4 Å². The number of nitrogens with zero attached hydrogens (tertiary/aromatic N) is 8.